The molecule has 0 saturated heterocycles. The quantitative estimate of drug-likeness (QED) is 0.337. The number of nitrogens with one attached hydrogen (secondary N) is 1. The molecule has 0 fully saturated rings. The summed E-state index contributed by atoms with van der Waals surface area (Å²) in [5.74, 6) is 3.98. The van der Waals surface area contributed by atoms with Crippen LogP contribution in [0.1, 0.15) is 12.8 Å². The van der Waals surface area contributed by atoms with Crippen molar-refractivity contribution in [1.29, 1.82) is 0 Å². The summed E-state index contributed by atoms with van der Waals surface area (Å²) in [6.45, 7) is 0. The van der Waals surface area contributed by atoms with Crippen molar-refractivity contribution >= 4 is 15.9 Å². The largest absolute Gasteiger partial charge is 0.370 e. The lowest BCUT2D eigenvalue weighted by atomic mass is 10.3. The van der Waals surface area contributed by atoms with E-state index in [1.165, 1.54) is 0 Å². The molecule has 5 N–H and O–H groups in total. The summed E-state index contributed by atoms with van der Waals surface area (Å²) in [5, 5.41) is 0. The highest BCUT2D eigenvalue weighted by Crippen LogP contribution is 1.91. The maximum atomic E-state index is 10.6. The number of hydrazine groups is 1. The summed E-state index contributed by atoms with van der Waals surface area (Å²) in [7, 11) is -3.40. The first-order valence-corrected chi connectivity index (χ1v) is 4.61. The molecular formula is C4H11N3O3S. The lowest BCUT2D eigenvalue weighted by molar-refractivity contribution is -0.118. The summed E-state index contributed by atoms with van der Waals surface area (Å²) in [4.78, 5) is 11.8. The highest BCUT2D eigenvalue weighted by atomic mass is 32.2. The Kier molecular flexibility index (Phi) is 4.01. The number of sulfonamides is 1. The molecule has 0 saturated carbocycles. The van der Waals surface area contributed by atoms with Crippen molar-refractivity contribution in [2.75, 3.05) is 5.75 Å². The molecule has 0 radical (unpaired) electrons. The van der Waals surface area contributed by atoms with Crippen LogP contribution in [0.4, 0.5) is 0 Å². The SMILES string of the molecule is NNS(=O)(=O)CCCC(N)=O. The number of primary amides is 1. The molecule has 0 aliphatic carbocycles. The molecule has 6 nitrogen and oxygen atoms in total. The van der Waals surface area contributed by atoms with Gasteiger partial charge >= 0.3 is 0 Å². The van der Waals surface area contributed by atoms with E-state index in [1.54, 1.807) is 4.83 Å². The van der Waals surface area contributed by atoms with E-state index < -0.39 is 15.9 Å². The molecule has 0 aliphatic rings. The molecule has 0 aromatic heterocycles. The number of carbonyl (C=O) groups excluding carboxylic acids is 1. The van der Waals surface area contributed by atoms with Crippen molar-refractivity contribution in [3.05, 3.63) is 0 Å². The van der Waals surface area contributed by atoms with Crippen molar-refractivity contribution in [3.8, 4) is 0 Å². The fraction of sp³-hybridized carbons (Fsp3) is 0.750. The molecule has 0 spiro atoms. The monoisotopic (exact) mass is 181 g/mol. The summed E-state index contributed by atoms with van der Waals surface area (Å²) in [6, 6.07) is 0. The minimum atomic E-state index is -3.40. The van der Waals surface area contributed by atoms with Gasteiger partial charge < -0.3 is 5.73 Å². The number of carbonyl (C=O) groups is 1. The van der Waals surface area contributed by atoms with E-state index in [1.807, 2.05) is 0 Å². The predicted molar refractivity (Wildman–Crippen MR) is 39.5 cm³/mol. The minimum absolute atomic E-state index is 0.0565. The molecule has 0 heterocycles. The van der Waals surface area contributed by atoms with Crippen LogP contribution >= 0.6 is 0 Å². The molecule has 0 aromatic rings. The summed E-state index contributed by atoms with van der Waals surface area (Å²) in [5.41, 5.74) is 4.78. The molecule has 0 rings (SSSR count). The second-order valence-corrected chi connectivity index (χ2v) is 3.88. The summed E-state index contributed by atoms with van der Waals surface area (Å²) < 4.78 is 21.2. The highest BCUT2D eigenvalue weighted by molar-refractivity contribution is 7.89. The number of amides is 1. The van der Waals surface area contributed by atoms with Crippen LogP contribution in [0.25, 0.3) is 0 Å². The first-order chi connectivity index (χ1) is 4.98. The van der Waals surface area contributed by atoms with Crippen LogP contribution in [-0.4, -0.2) is 20.1 Å². The van der Waals surface area contributed by atoms with E-state index in [2.05, 4.69) is 5.84 Å². The highest BCUT2D eigenvalue weighted by Gasteiger charge is 2.06. The van der Waals surface area contributed by atoms with Crippen LogP contribution in [0.15, 0.2) is 0 Å². The zero-order valence-corrected chi connectivity index (χ0v) is 6.73. The van der Waals surface area contributed by atoms with Gasteiger partial charge in [0.05, 0.1) is 5.75 Å². The Morgan fingerprint density at radius 3 is 2.36 bits per heavy atom. The van der Waals surface area contributed by atoms with Gasteiger partial charge in [0.25, 0.3) is 0 Å². The van der Waals surface area contributed by atoms with Crippen LogP contribution in [-0.2, 0) is 14.8 Å². The molecule has 0 aliphatic heterocycles. The second-order valence-electron chi connectivity index (χ2n) is 2.01. The summed E-state index contributed by atoms with van der Waals surface area (Å²) in [6.07, 6.45) is 0.253. The van der Waals surface area contributed by atoms with Gasteiger partial charge in [-0.15, -0.1) is 0 Å². The van der Waals surface area contributed by atoms with Crippen molar-refractivity contribution in [3.63, 3.8) is 0 Å². The third kappa shape index (κ3) is 5.77. The predicted octanol–water partition coefficient (Wildman–Crippen LogP) is -1.95. The Morgan fingerprint density at radius 1 is 1.45 bits per heavy atom. The lowest BCUT2D eigenvalue weighted by Crippen LogP contribution is -2.32. The lowest BCUT2D eigenvalue weighted by Gasteiger charge is -1.98. The molecule has 0 bridgehead atoms. The Balaban J connectivity index is 3.63. The van der Waals surface area contributed by atoms with Gasteiger partial charge in [0.15, 0.2) is 0 Å². The average molecular weight is 181 g/mol. The van der Waals surface area contributed by atoms with Crippen molar-refractivity contribution in [2.24, 2.45) is 11.6 Å². The van der Waals surface area contributed by atoms with E-state index in [0.29, 0.717) is 0 Å². The van der Waals surface area contributed by atoms with Gasteiger partial charge in [-0.1, -0.05) is 0 Å². The number of hydrogen-bond donors (Lipinski definition) is 3. The molecule has 1 amide bonds. The maximum Gasteiger partial charge on any atom is 0.224 e. The fourth-order valence-electron chi connectivity index (χ4n) is 0.495. The molecular weight excluding hydrogens is 170 g/mol. The van der Waals surface area contributed by atoms with Gasteiger partial charge in [-0.05, 0) is 6.42 Å². The van der Waals surface area contributed by atoms with Crippen LogP contribution < -0.4 is 16.4 Å². The third-order valence-corrected chi connectivity index (χ3v) is 2.20. The van der Waals surface area contributed by atoms with Gasteiger partial charge in [-0.25, -0.2) is 8.42 Å². The Morgan fingerprint density at radius 2 is 2.00 bits per heavy atom. The van der Waals surface area contributed by atoms with Crippen LogP contribution in [0, 0.1) is 0 Å². The average Bonchev–Trinajstić information content (AvgIpc) is 1.87. The topological polar surface area (TPSA) is 115 Å². The molecule has 0 atom stereocenters. The van der Waals surface area contributed by atoms with Crippen molar-refractivity contribution < 1.29 is 13.2 Å². The molecule has 0 aromatic carbocycles. The smallest absolute Gasteiger partial charge is 0.224 e. The van der Waals surface area contributed by atoms with E-state index in [0.717, 1.165) is 0 Å². The molecule has 0 unspecified atom stereocenters. The standard InChI is InChI=1S/C4H11N3O3S/c5-4(8)2-1-3-11(9,10)7-6/h7H,1-3,6H2,(H2,5,8). The second kappa shape index (κ2) is 4.27. The Hall–Kier alpha value is -0.660. The number of rotatable bonds is 5. The van der Waals surface area contributed by atoms with E-state index in [-0.39, 0.29) is 18.6 Å². The van der Waals surface area contributed by atoms with Crippen LogP contribution in [0.3, 0.4) is 0 Å². The van der Waals surface area contributed by atoms with Crippen molar-refractivity contribution in [2.45, 2.75) is 12.8 Å². The fourth-order valence-corrected chi connectivity index (χ4v) is 1.14. The zero-order chi connectivity index (χ0) is 8.91. The number of nitrogens with two attached hydrogens (primary N) is 2. The zero-order valence-electron chi connectivity index (χ0n) is 5.91. The molecule has 11 heavy (non-hydrogen) atoms. The van der Waals surface area contributed by atoms with Crippen LogP contribution in [0.2, 0.25) is 0 Å². The van der Waals surface area contributed by atoms with Gasteiger partial charge in [0.2, 0.25) is 15.9 Å². The van der Waals surface area contributed by atoms with Gasteiger partial charge in [0, 0.05) is 6.42 Å². The summed E-state index contributed by atoms with van der Waals surface area (Å²) >= 11 is 0. The normalized spacial score (nSPS) is 11.4. The first kappa shape index (κ1) is 10.3. The van der Waals surface area contributed by atoms with E-state index in [9.17, 15) is 13.2 Å². The minimum Gasteiger partial charge on any atom is -0.370 e. The van der Waals surface area contributed by atoms with E-state index >= 15 is 0 Å². The van der Waals surface area contributed by atoms with Gasteiger partial charge in [0.1, 0.15) is 0 Å². The van der Waals surface area contributed by atoms with E-state index in [4.69, 9.17) is 5.73 Å². The Bertz CT molecular complexity index is 223. The van der Waals surface area contributed by atoms with Crippen LogP contribution in [0.5, 0.6) is 0 Å². The van der Waals surface area contributed by atoms with Crippen molar-refractivity contribution in [1.82, 2.24) is 4.83 Å². The Labute approximate surface area is 65.0 Å². The maximum absolute atomic E-state index is 10.6. The number of hydrogen-bond acceptors (Lipinski definition) is 4. The van der Waals surface area contributed by atoms with Gasteiger partial charge in [-0.3, -0.25) is 10.6 Å². The third-order valence-electron chi connectivity index (χ3n) is 1.02. The van der Waals surface area contributed by atoms with Gasteiger partial charge in [-0.2, -0.15) is 4.83 Å². The first-order valence-electron chi connectivity index (χ1n) is 2.96. The molecule has 7 heteroatoms. The molecule has 66 valence electrons.